The molecule has 0 spiro atoms. The molecule has 1 saturated heterocycles. The lowest BCUT2D eigenvalue weighted by molar-refractivity contribution is 0.0563. The zero-order chi connectivity index (χ0) is 14.0. The highest BCUT2D eigenvalue weighted by atomic mass is 79.9. The Labute approximate surface area is 127 Å². The van der Waals surface area contributed by atoms with Crippen molar-refractivity contribution >= 4 is 33.2 Å². The minimum absolute atomic E-state index is 0.142. The van der Waals surface area contributed by atoms with Crippen molar-refractivity contribution in [3.8, 4) is 0 Å². The molecular formula is C14H21BrN2OS. The molecule has 1 aromatic heterocycles. The van der Waals surface area contributed by atoms with Crippen molar-refractivity contribution in [3.63, 3.8) is 0 Å². The molecule has 1 aliphatic rings. The molecule has 0 radical (unpaired) electrons. The third kappa shape index (κ3) is 3.20. The van der Waals surface area contributed by atoms with Gasteiger partial charge in [0, 0.05) is 19.1 Å². The third-order valence-electron chi connectivity index (χ3n) is 4.00. The molecular weight excluding hydrogens is 324 g/mol. The maximum absolute atomic E-state index is 12.6. The van der Waals surface area contributed by atoms with E-state index in [1.807, 2.05) is 17.9 Å². The lowest BCUT2D eigenvalue weighted by Gasteiger charge is -2.38. The number of nitrogens with zero attached hydrogens (tertiary/aromatic N) is 1. The van der Waals surface area contributed by atoms with Gasteiger partial charge in [0.15, 0.2) is 0 Å². The number of amides is 1. The van der Waals surface area contributed by atoms with Crippen LogP contribution in [0.3, 0.4) is 0 Å². The third-order valence-corrected chi connectivity index (χ3v) is 6.13. The van der Waals surface area contributed by atoms with E-state index in [-0.39, 0.29) is 11.9 Å². The minimum Gasteiger partial charge on any atom is -0.334 e. The van der Waals surface area contributed by atoms with Crippen LogP contribution in [0.4, 0.5) is 0 Å². The Kier molecular flexibility index (Phi) is 5.03. The number of halogens is 1. The number of hydrogen-bond acceptors (Lipinski definition) is 3. The molecule has 1 amide bonds. The van der Waals surface area contributed by atoms with Gasteiger partial charge in [-0.1, -0.05) is 13.3 Å². The topological polar surface area (TPSA) is 46.3 Å². The Balaban J connectivity index is 2.14. The molecule has 1 fully saturated rings. The van der Waals surface area contributed by atoms with Gasteiger partial charge >= 0.3 is 0 Å². The van der Waals surface area contributed by atoms with Crippen LogP contribution < -0.4 is 5.73 Å². The van der Waals surface area contributed by atoms with E-state index in [1.54, 1.807) is 0 Å². The Bertz CT molecular complexity index is 441. The molecule has 3 nitrogen and oxygen atoms in total. The number of carbonyl (C=O) groups is 1. The quantitative estimate of drug-likeness (QED) is 0.913. The lowest BCUT2D eigenvalue weighted by Crippen LogP contribution is -2.49. The van der Waals surface area contributed by atoms with Crippen LogP contribution in [0.2, 0.25) is 0 Å². The SMILES string of the molecule is CCC1CCN(C(=O)c2cc(C)c(Br)s2)C(CN)C1. The smallest absolute Gasteiger partial charge is 0.264 e. The normalized spacial score (nSPS) is 23.7. The fraction of sp³-hybridized carbons (Fsp3) is 0.643. The molecule has 0 bridgehead atoms. The number of hydrogen-bond donors (Lipinski definition) is 1. The first-order chi connectivity index (χ1) is 9.06. The molecule has 1 aromatic rings. The fourth-order valence-electron chi connectivity index (χ4n) is 2.70. The highest BCUT2D eigenvalue weighted by Gasteiger charge is 2.31. The van der Waals surface area contributed by atoms with E-state index >= 15 is 0 Å². The summed E-state index contributed by atoms with van der Waals surface area (Å²) in [6.45, 7) is 5.64. The Hall–Kier alpha value is -0.390. The number of aryl methyl sites for hydroxylation is 1. The summed E-state index contributed by atoms with van der Waals surface area (Å²) in [5.41, 5.74) is 6.99. The van der Waals surface area contributed by atoms with Crippen LogP contribution in [0.1, 0.15) is 41.4 Å². The van der Waals surface area contributed by atoms with E-state index in [0.29, 0.717) is 6.54 Å². The summed E-state index contributed by atoms with van der Waals surface area (Å²) in [4.78, 5) is 15.4. The number of piperidine rings is 1. The predicted molar refractivity (Wildman–Crippen MR) is 83.6 cm³/mol. The van der Waals surface area contributed by atoms with Crippen LogP contribution >= 0.6 is 27.3 Å². The number of rotatable bonds is 3. The molecule has 0 aliphatic carbocycles. The van der Waals surface area contributed by atoms with Gasteiger partial charge in [-0.05, 0) is 53.2 Å². The van der Waals surface area contributed by atoms with E-state index in [9.17, 15) is 4.79 Å². The van der Waals surface area contributed by atoms with E-state index < -0.39 is 0 Å². The van der Waals surface area contributed by atoms with Gasteiger partial charge in [0.25, 0.3) is 5.91 Å². The van der Waals surface area contributed by atoms with Crippen LogP contribution in [-0.2, 0) is 0 Å². The highest BCUT2D eigenvalue weighted by molar-refractivity contribution is 9.11. The van der Waals surface area contributed by atoms with Gasteiger partial charge in [-0.25, -0.2) is 0 Å². The molecule has 2 rings (SSSR count). The summed E-state index contributed by atoms with van der Waals surface area (Å²) in [6.07, 6.45) is 3.33. The minimum atomic E-state index is 0.142. The van der Waals surface area contributed by atoms with Crippen molar-refractivity contribution in [2.75, 3.05) is 13.1 Å². The van der Waals surface area contributed by atoms with Gasteiger partial charge in [0.1, 0.15) is 0 Å². The second-order valence-electron chi connectivity index (χ2n) is 5.25. The van der Waals surface area contributed by atoms with E-state index in [4.69, 9.17) is 5.73 Å². The molecule has 19 heavy (non-hydrogen) atoms. The standard InChI is InChI=1S/C14H21BrN2OS/c1-3-10-4-5-17(11(7-10)8-16)14(18)12-6-9(2)13(15)19-12/h6,10-11H,3-5,7-8,16H2,1-2H3. The van der Waals surface area contributed by atoms with Crippen LogP contribution in [-0.4, -0.2) is 29.9 Å². The largest absolute Gasteiger partial charge is 0.334 e. The molecule has 0 aromatic carbocycles. The van der Waals surface area contributed by atoms with Crippen LogP contribution in [0.15, 0.2) is 9.85 Å². The van der Waals surface area contributed by atoms with Gasteiger partial charge < -0.3 is 10.6 Å². The maximum Gasteiger partial charge on any atom is 0.264 e. The monoisotopic (exact) mass is 344 g/mol. The zero-order valence-electron chi connectivity index (χ0n) is 11.5. The molecule has 2 atom stereocenters. The van der Waals surface area contributed by atoms with Gasteiger partial charge in [0.2, 0.25) is 0 Å². The van der Waals surface area contributed by atoms with Crippen LogP contribution in [0.5, 0.6) is 0 Å². The number of thiophene rings is 1. The summed E-state index contributed by atoms with van der Waals surface area (Å²) in [5, 5.41) is 0. The second-order valence-corrected chi connectivity index (χ2v) is 7.62. The molecule has 106 valence electrons. The van der Waals surface area contributed by atoms with Crippen molar-refractivity contribution in [1.82, 2.24) is 4.90 Å². The molecule has 1 aliphatic heterocycles. The molecule has 0 saturated carbocycles. The number of nitrogens with two attached hydrogens (primary N) is 1. The first kappa shape index (κ1) is 15.0. The van der Waals surface area contributed by atoms with Crippen LogP contribution in [0, 0.1) is 12.8 Å². The van der Waals surface area contributed by atoms with Gasteiger partial charge in [-0.3, -0.25) is 4.79 Å². The van der Waals surface area contributed by atoms with Crippen molar-refractivity contribution < 1.29 is 4.79 Å². The summed E-state index contributed by atoms with van der Waals surface area (Å²) in [7, 11) is 0. The summed E-state index contributed by atoms with van der Waals surface area (Å²) in [5.74, 6) is 0.859. The summed E-state index contributed by atoms with van der Waals surface area (Å²) < 4.78 is 1.04. The van der Waals surface area contributed by atoms with Gasteiger partial charge in [-0.2, -0.15) is 0 Å². The average Bonchev–Trinajstić information content (AvgIpc) is 2.77. The van der Waals surface area contributed by atoms with Crippen molar-refractivity contribution in [2.45, 2.75) is 39.2 Å². The first-order valence-electron chi connectivity index (χ1n) is 6.83. The van der Waals surface area contributed by atoms with Crippen molar-refractivity contribution in [2.24, 2.45) is 11.7 Å². The molecule has 5 heteroatoms. The number of likely N-dealkylation sites (tertiary alicyclic amines) is 1. The van der Waals surface area contributed by atoms with Crippen molar-refractivity contribution in [3.05, 3.63) is 20.3 Å². The Morgan fingerprint density at radius 3 is 2.89 bits per heavy atom. The van der Waals surface area contributed by atoms with Gasteiger partial charge in [-0.15, -0.1) is 11.3 Å². The van der Waals surface area contributed by atoms with Crippen molar-refractivity contribution in [1.29, 1.82) is 0 Å². The summed E-state index contributed by atoms with van der Waals surface area (Å²) in [6, 6.07) is 2.17. The lowest BCUT2D eigenvalue weighted by atomic mass is 9.89. The average molecular weight is 345 g/mol. The zero-order valence-corrected chi connectivity index (χ0v) is 13.9. The molecule has 2 heterocycles. The predicted octanol–water partition coefficient (Wildman–Crippen LogP) is 3.41. The van der Waals surface area contributed by atoms with Crippen LogP contribution in [0.25, 0.3) is 0 Å². The van der Waals surface area contributed by atoms with Gasteiger partial charge in [0.05, 0.1) is 8.66 Å². The fourth-order valence-corrected chi connectivity index (χ4v) is 4.19. The highest BCUT2D eigenvalue weighted by Crippen LogP contribution is 2.31. The first-order valence-corrected chi connectivity index (χ1v) is 8.44. The second kappa shape index (κ2) is 6.37. The van der Waals surface area contributed by atoms with E-state index in [1.165, 1.54) is 17.8 Å². The Morgan fingerprint density at radius 2 is 2.37 bits per heavy atom. The Morgan fingerprint density at radius 1 is 1.63 bits per heavy atom. The number of carbonyl (C=O) groups excluding carboxylic acids is 1. The van der Waals surface area contributed by atoms with E-state index in [2.05, 4.69) is 22.9 Å². The van der Waals surface area contributed by atoms with E-state index in [0.717, 1.165) is 39.5 Å². The molecule has 2 N–H and O–H groups in total. The molecule has 2 unspecified atom stereocenters. The maximum atomic E-state index is 12.6. The summed E-state index contributed by atoms with van der Waals surface area (Å²) >= 11 is 5.00.